The van der Waals surface area contributed by atoms with Crippen molar-refractivity contribution in [2.24, 2.45) is 0 Å². The number of fused-ring (bicyclic) bond motifs is 1. The van der Waals surface area contributed by atoms with E-state index in [1.54, 1.807) is 24.1 Å². The van der Waals surface area contributed by atoms with Crippen molar-refractivity contribution in [2.75, 3.05) is 7.11 Å². The molecular weight excluding hydrogens is 359 g/mol. The van der Waals surface area contributed by atoms with E-state index in [0.29, 0.717) is 22.4 Å². The molecule has 6 heteroatoms. The first-order chi connectivity index (χ1) is 13.2. The van der Waals surface area contributed by atoms with Gasteiger partial charge >= 0.3 is 0 Å². The minimum absolute atomic E-state index is 0.136. The van der Waals surface area contributed by atoms with Gasteiger partial charge in [0.25, 0.3) is 11.5 Å². The van der Waals surface area contributed by atoms with Crippen LogP contribution in [0, 0.1) is 5.82 Å². The number of ether oxygens (including phenoxy) is 1. The fourth-order valence-corrected chi connectivity index (χ4v) is 3.00. The summed E-state index contributed by atoms with van der Waals surface area (Å²) in [6.07, 6.45) is 0. The largest absolute Gasteiger partial charge is 0.497 e. The molecule has 0 fully saturated rings. The molecule has 1 N–H and O–H groups in total. The van der Waals surface area contributed by atoms with Crippen LogP contribution >= 0.6 is 0 Å². The maximum absolute atomic E-state index is 13.2. The van der Waals surface area contributed by atoms with Crippen LogP contribution in [0.15, 0.2) is 53.3 Å². The normalized spacial score (nSPS) is 11.5. The van der Waals surface area contributed by atoms with Gasteiger partial charge in [0.2, 0.25) is 0 Å². The molecule has 1 heterocycles. The van der Waals surface area contributed by atoms with Crippen LogP contribution in [-0.2, 0) is 6.54 Å². The maximum Gasteiger partial charge on any atom is 0.254 e. The third kappa shape index (κ3) is 4.06. The first kappa shape index (κ1) is 19.6. The van der Waals surface area contributed by atoms with Gasteiger partial charge in [0.1, 0.15) is 11.6 Å². The van der Waals surface area contributed by atoms with E-state index < -0.39 is 11.4 Å². The Hall–Kier alpha value is -3.15. The number of carbonyl (C=O) groups excluding carboxylic acids is 1. The van der Waals surface area contributed by atoms with Gasteiger partial charge in [-0.15, -0.1) is 0 Å². The molecule has 2 aromatic carbocycles. The molecule has 0 saturated heterocycles. The maximum atomic E-state index is 13.2. The van der Waals surface area contributed by atoms with Crippen LogP contribution in [-0.4, -0.2) is 28.4 Å². The van der Waals surface area contributed by atoms with Crippen LogP contribution in [0.5, 0.6) is 5.75 Å². The average Bonchev–Trinajstić information content (AvgIpc) is 2.65. The van der Waals surface area contributed by atoms with Crippen LogP contribution in [0.25, 0.3) is 10.9 Å². The number of H-pyrrole nitrogens is 1. The molecule has 3 rings (SSSR count). The Balaban J connectivity index is 1.99. The molecule has 146 valence electrons. The van der Waals surface area contributed by atoms with Crippen molar-refractivity contribution in [3.05, 3.63) is 75.8 Å². The van der Waals surface area contributed by atoms with Crippen LogP contribution in [0.4, 0.5) is 4.39 Å². The number of methoxy groups -OCH3 is 1. The minimum Gasteiger partial charge on any atom is -0.497 e. The van der Waals surface area contributed by atoms with E-state index in [1.807, 2.05) is 32.9 Å². The van der Waals surface area contributed by atoms with Crippen molar-refractivity contribution in [2.45, 2.75) is 32.9 Å². The SMILES string of the molecule is COc1ccc2cc(CN(C(=O)c3ccc(F)cc3)C(C)(C)C)c(=O)[nH]c2c1. The van der Waals surface area contributed by atoms with Gasteiger partial charge in [-0.3, -0.25) is 9.59 Å². The van der Waals surface area contributed by atoms with Gasteiger partial charge in [-0.25, -0.2) is 4.39 Å². The summed E-state index contributed by atoms with van der Waals surface area (Å²) in [5.41, 5.74) is 0.718. The highest BCUT2D eigenvalue weighted by Gasteiger charge is 2.28. The number of nitrogens with one attached hydrogen (secondary N) is 1. The summed E-state index contributed by atoms with van der Waals surface area (Å²) in [4.78, 5) is 30.1. The highest BCUT2D eigenvalue weighted by molar-refractivity contribution is 5.94. The Morgan fingerprint density at radius 1 is 1.11 bits per heavy atom. The number of hydrogen-bond acceptors (Lipinski definition) is 3. The molecule has 0 bridgehead atoms. The van der Waals surface area contributed by atoms with Crippen LogP contribution in [0.2, 0.25) is 0 Å². The third-order valence-electron chi connectivity index (χ3n) is 4.60. The van der Waals surface area contributed by atoms with Gasteiger partial charge in [-0.05, 0) is 68.6 Å². The minimum atomic E-state index is -0.535. The number of benzene rings is 2. The summed E-state index contributed by atoms with van der Waals surface area (Å²) in [6.45, 7) is 5.83. The lowest BCUT2D eigenvalue weighted by molar-refractivity contribution is 0.0558. The summed E-state index contributed by atoms with van der Waals surface area (Å²) in [7, 11) is 1.57. The van der Waals surface area contributed by atoms with E-state index in [0.717, 1.165) is 5.39 Å². The number of aromatic nitrogens is 1. The molecule has 0 aliphatic carbocycles. The molecule has 0 atom stereocenters. The fourth-order valence-electron chi connectivity index (χ4n) is 3.00. The first-order valence-electron chi connectivity index (χ1n) is 8.96. The molecule has 0 aliphatic heterocycles. The summed E-state index contributed by atoms with van der Waals surface area (Å²) in [5.74, 6) is -0.0132. The first-order valence-corrected chi connectivity index (χ1v) is 8.96. The Morgan fingerprint density at radius 2 is 1.79 bits per heavy atom. The molecule has 1 aromatic heterocycles. The van der Waals surface area contributed by atoms with E-state index in [9.17, 15) is 14.0 Å². The summed E-state index contributed by atoms with van der Waals surface area (Å²) in [5, 5.41) is 0.846. The number of pyridine rings is 1. The van der Waals surface area contributed by atoms with Crippen molar-refractivity contribution in [3.8, 4) is 5.75 Å². The van der Waals surface area contributed by atoms with Crippen LogP contribution in [0.1, 0.15) is 36.7 Å². The highest BCUT2D eigenvalue weighted by Crippen LogP contribution is 2.23. The van der Waals surface area contributed by atoms with Crippen molar-refractivity contribution in [1.29, 1.82) is 0 Å². The number of rotatable bonds is 4. The van der Waals surface area contributed by atoms with Gasteiger partial charge < -0.3 is 14.6 Å². The van der Waals surface area contributed by atoms with E-state index >= 15 is 0 Å². The van der Waals surface area contributed by atoms with Crippen molar-refractivity contribution in [1.82, 2.24) is 9.88 Å². The summed E-state index contributed by atoms with van der Waals surface area (Å²) < 4.78 is 18.4. The lowest BCUT2D eigenvalue weighted by Crippen LogP contribution is -2.46. The zero-order valence-electron chi connectivity index (χ0n) is 16.4. The summed E-state index contributed by atoms with van der Waals surface area (Å²) in [6, 6.07) is 12.6. The lowest BCUT2D eigenvalue weighted by Gasteiger charge is -2.35. The lowest BCUT2D eigenvalue weighted by atomic mass is 10.0. The fraction of sp³-hybridized carbons (Fsp3) is 0.273. The van der Waals surface area contributed by atoms with Crippen LogP contribution < -0.4 is 10.3 Å². The van der Waals surface area contributed by atoms with Crippen molar-refractivity contribution in [3.63, 3.8) is 0 Å². The molecule has 1 amide bonds. The second-order valence-electron chi connectivity index (χ2n) is 7.65. The third-order valence-corrected chi connectivity index (χ3v) is 4.60. The molecule has 0 aliphatic rings. The topological polar surface area (TPSA) is 62.4 Å². The molecule has 3 aromatic rings. The van der Waals surface area contributed by atoms with Gasteiger partial charge in [0.05, 0.1) is 19.2 Å². The summed E-state index contributed by atoms with van der Waals surface area (Å²) >= 11 is 0. The molecule has 5 nitrogen and oxygen atoms in total. The van der Waals surface area contributed by atoms with Crippen molar-refractivity contribution < 1.29 is 13.9 Å². The zero-order chi connectivity index (χ0) is 20.5. The predicted molar refractivity (Wildman–Crippen MR) is 107 cm³/mol. The smallest absolute Gasteiger partial charge is 0.254 e. The van der Waals surface area contributed by atoms with Crippen molar-refractivity contribution >= 4 is 16.8 Å². The second-order valence-corrected chi connectivity index (χ2v) is 7.65. The molecule has 0 radical (unpaired) electrons. The molecule has 0 spiro atoms. The number of carbonyl (C=O) groups is 1. The zero-order valence-corrected chi connectivity index (χ0v) is 16.4. The number of aromatic amines is 1. The van der Waals surface area contributed by atoms with Gasteiger partial charge in [-0.2, -0.15) is 0 Å². The molecular formula is C22H23FN2O3. The Bertz CT molecular complexity index is 1070. The standard InChI is InChI=1S/C22H23FN2O3/c1-22(2,3)25(21(27)14-5-8-17(23)9-6-14)13-16-11-15-7-10-18(28-4)12-19(15)24-20(16)26/h5-12H,13H2,1-4H3,(H,24,26). The van der Waals surface area contributed by atoms with Crippen LogP contribution in [0.3, 0.4) is 0 Å². The monoisotopic (exact) mass is 382 g/mol. The quantitative estimate of drug-likeness (QED) is 0.738. The molecule has 0 unspecified atom stereocenters. The number of hydrogen-bond donors (Lipinski definition) is 1. The van der Waals surface area contributed by atoms with Gasteiger partial charge in [0, 0.05) is 22.7 Å². The average molecular weight is 382 g/mol. The second kappa shape index (κ2) is 7.46. The Labute approximate surface area is 162 Å². The van der Waals surface area contributed by atoms with E-state index in [-0.39, 0.29) is 18.0 Å². The number of amides is 1. The number of nitrogens with zero attached hydrogens (tertiary/aromatic N) is 1. The Kier molecular flexibility index (Phi) is 5.23. The molecule has 28 heavy (non-hydrogen) atoms. The van der Waals surface area contributed by atoms with Gasteiger partial charge in [-0.1, -0.05) is 0 Å². The molecule has 0 saturated carbocycles. The van der Waals surface area contributed by atoms with Gasteiger partial charge in [0.15, 0.2) is 0 Å². The Morgan fingerprint density at radius 3 is 2.39 bits per heavy atom. The predicted octanol–water partition coefficient (Wildman–Crippen LogP) is 4.12. The van der Waals surface area contributed by atoms with E-state index in [2.05, 4.69) is 4.98 Å². The number of halogens is 1. The van der Waals surface area contributed by atoms with E-state index in [1.165, 1.54) is 24.3 Å². The van der Waals surface area contributed by atoms with E-state index in [4.69, 9.17) is 4.74 Å². The highest BCUT2D eigenvalue weighted by atomic mass is 19.1.